The lowest BCUT2D eigenvalue weighted by Crippen LogP contribution is -2.36. The molecule has 0 spiro atoms. The van der Waals surface area contributed by atoms with Crippen molar-refractivity contribution < 1.29 is 14.3 Å². The fraction of sp³-hybridized carbons (Fsp3) is 0.154. The highest BCUT2D eigenvalue weighted by molar-refractivity contribution is 7.99. The second-order valence-corrected chi connectivity index (χ2v) is 8.78. The molecule has 4 aromatic rings. The van der Waals surface area contributed by atoms with Crippen molar-refractivity contribution >= 4 is 23.4 Å². The topological polar surface area (TPSA) is 77.4 Å². The third-order valence-electron chi connectivity index (χ3n) is 5.25. The Labute approximate surface area is 201 Å². The normalized spacial score (nSPS) is 14.4. The predicted molar refractivity (Wildman–Crippen MR) is 131 cm³/mol. The first-order chi connectivity index (χ1) is 16.6. The molecule has 0 radical (unpaired) electrons. The first-order valence-electron chi connectivity index (χ1n) is 10.9. The molecule has 0 N–H and O–H groups in total. The van der Waals surface area contributed by atoms with Crippen LogP contribution in [0, 0.1) is 0 Å². The Morgan fingerprint density at radius 3 is 2.56 bits per heavy atom. The number of ether oxygens (including phenoxy) is 2. The summed E-state index contributed by atoms with van der Waals surface area (Å²) in [5.41, 5.74) is 2.66. The number of rotatable bonds is 5. The van der Waals surface area contributed by atoms with Gasteiger partial charge in [-0.25, -0.2) is 0 Å². The lowest BCUT2D eigenvalue weighted by atomic mass is 10.1. The molecule has 5 rings (SSSR count). The molecular formula is C26H22N4O3S. The Bertz CT molecular complexity index is 1330. The maximum atomic E-state index is 12.9. The zero-order valence-electron chi connectivity index (χ0n) is 18.7. The van der Waals surface area contributed by atoms with Crippen LogP contribution in [-0.2, 0) is 4.79 Å². The van der Waals surface area contributed by atoms with Crippen molar-refractivity contribution in [3.63, 3.8) is 0 Å². The van der Waals surface area contributed by atoms with E-state index in [0.29, 0.717) is 28.2 Å². The van der Waals surface area contributed by atoms with Crippen molar-refractivity contribution in [2.75, 3.05) is 10.7 Å². The van der Waals surface area contributed by atoms with Crippen molar-refractivity contribution in [3.05, 3.63) is 84.4 Å². The molecule has 0 bridgehead atoms. The largest absolute Gasteiger partial charge is 0.457 e. The van der Waals surface area contributed by atoms with Crippen LogP contribution in [0.4, 0.5) is 5.69 Å². The smallest absolute Gasteiger partial charge is 0.247 e. The Balaban J connectivity index is 1.62. The first-order valence-corrected chi connectivity index (χ1v) is 11.9. The number of carbonyl (C=O) groups is 1. The van der Waals surface area contributed by atoms with Gasteiger partial charge in [0.15, 0.2) is 5.69 Å². The summed E-state index contributed by atoms with van der Waals surface area (Å²) in [6, 6.07) is 24.6. The van der Waals surface area contributed by atoms with E-state index in [1.807, 2.05) is 85.8 Å². The van der Waals surface area contributed by atoms with Gasteiger partial charge in [-0.3, -0.25) is 9.69 Å². The van der Waals surface area contributed by atoms with Crippen molar-refractivity contribution in [2.24, 2.45) is 0 Å². The van der Waals surface area contributed by atoms with Gasteiger partial charge in [0, 0.05) is 18.1 Å². The minimum atomic E-state index is -0.768. The van der Waals surface area contributed by atoms with Crippen molar-refractivity contribution in [1.29, 1.82) is 0 Å². The monoisotopic (exact) mass is 470 g/mol. The number of aromatic nitrogens is 3. The molecule has 34 heavy (non-hydrogen) atoms. The number of amides is 1. The zero-order valence-corrected chi connectivity index (χ0v) is 19.5. The first kappa shape index (κ1) is 21.9. The average Bonchev–Trinajstić information content (AvgIpc) is 2.99. The molecule has 8 heteroatoms. The second-order valence-electron chi connectivity index (χ2n) is 7.55. The van der Waals surface area contributed by atoms with Crippen molar-refractivity contribution in [1.82, 2.24) is 15.2 Å². The minimum absolute atomic E-state index is 0.171. The van der Waals surface area contributed by atoms with Crippen LogP contribution >= 0.6 is 11.8 Å². The van der Waals surface area contributed by atoms with Gasteiger partial charge < -0.3 is 9.47 Å². The van der Waals surface area contributed by atoms with Crippen LogP contribution in [0.25, 0.3) is 11.3 Å². The Morgan fingerprint density at radius 2 is 1.76 bits per heavy atom. The van der Waals surface area contributed by atoms with E-state index in [1.165, 1.54) is 18.7 Å². The van der Waals surface area contributed by atoms with Crippen LogP contribution in [0.5, 0.6) is 17.4 Å². The minimum Gasteiger partial charge on any atom is -0.457 e. The molecule has 1 aliphatic heterocycles. The molecule has 7 nitrogen and oxygen atoms in total. The Kier molecular flexibility index (Phi) is 6.14. The molecule has 3 aromatic carbocycles. The molecule has 1 aromatic heterocycles. The van der Waals surface area contributed by atoms with Gasteiger partial charge in [-0.2, -0.15) is 4.98 Å². The van der Waals surface area contributed by atoms with Crippen LogP contribution in [0.1, 0.15) is 25.6 Å². The molecule has 1 atom stereocenters. The summed E-state index contributed by atoms with van der Waals surface area (Å²) in [5, 5.41) is 9.19. The van der Waals surface area contributed by atoms with Crippen LogP contribution in [0.2, 0.25) is 0 Å². The fourth-order valence-electron chi connectivity index (χ4n) is 3.82. The van der Waals surface area contributed by atoms with Gasteiger partial charge in [0.1, 0.15) is 11.5 Å². The maximum absolute atomic E-state index is 12.9. The molecule has 0 unspecified atom stereocenters. The van der Waals surface area contributed by atoms with Gasteiger partial charge in [0.05, 0.1) is 5.69 Å². The summed E-state index contributed by atoms with van der Waals surface area (Å²) in [7, 11) is 0. The van der Waals surface area contributed by atoms with Crippen molar-refractivity contribution in [2.45, 2.75) is 25.2 Å². The van der Waals surface area contributed by atoms with E-state index >= 15 is 0 Å². The molecule has 0 saturated heterocycles. The van der Waals surface area contributed by atoms with E-state index in [2.05, 4.69) is 15.2 Å². The molecule has 170 valence electrons. The number of anilines is 1. The number of carbonyl (C=O) groups excluding carboxylic acids is 1. The summed E-state index contributed by atoms with van der Waals surface area (Å²) >= 11 is 1.48. The van der Waals surface area contributed by atoms with Crippen LogP contribution in [0.3, 0.4) is 0 Å². The quantitative estimate of drug-likeness (QED) is 0.337. The van der Waals surface area contributed by atoms with E-state index in [9.17, 15) is 4.79 Å². The van der Waals surface area contributed by atoms with E-state index < -0.39 is 6.23 Å². The van der Waals surface area contributed by atoms with Gasteiger partial charge in [-0.05, 0) is 36.1 Å². The highest BCUT2D eigenvalue weighted by atomic mass is 32.2. The SMILES string of the molecule is CCSc1nnc2c(n1)O[C@H](c1cccc(Oc3ccccc3)c1)N(C(C)=O)c1ccccc1-2. The summed E-state index contributed by atoms with van der Waals surface area (Å²) in [4.78, 5) is 19.2. The number of thioether (sulfide) groups is 1. The lowest BCUT2D eigenvalue weighted by molar-refractivity contribution is -0.118. The third-order valence-corrected chi connectivity index (χ3v) is 5.97. The molecule has 1 aliphatic rings. The summed E-state index contributed by atoms with van der Waals surface area (Å²) < 4.78 is 12.4. The Morgan fingerprint density at radius 1 is 1.00 bits per heavy atom. The predicted octanol–water partition coefficient (Wildman–Crippen LogP) is 5.89. The molecule has 0 aliphatic carbocycles. The standard InChI is InChI=1S/C26H22N4O3S/c1-3-34-26-27-24-23(28-29-26)21-14-7-8-15-22(21)30(17(2)31)25(33-24)18-10-9-13-20(16-18)32-19-11-5-4-6-12-19/h4-16,25H,3H2,1-2H3/t25-/m1/s1. The van der Waals surface area contributed by atoms with E-state index in [-0.39, 0.29) is 5.91 Å². The molecular weight excluding hydrogens is 448 g/mol. The average molecular weight is 471 g/mol. The van der Waals surface area contributed by atoms with E-state index in [4.69, 9.17) is 9.47 Å². The number of nitrogens with zero attached hydrogens (tertiary/aromatic N) is 4. The summed E-state index contributed by atoms with van der Waals surface area (Å²) in [6.45, 7) is 3.54. The number of hydrogen-bond acceptors (Lipinski definition) is 7. The Hall–Kier alpha value is -3.91. The van der Waals surface area contributed by atoms with Gasteiger partial charge in [-0.15, -0.1) is 10.2 Å². The molecule has 0 saturated carbocycles. The number of benzene rings is 3. The van der Waals surface area contributed by atoms with Crippen LogP contribution in [0.15, 0.2) is 84.0 Å². The van der Waals surface area contributed by atoms with Crippen molar-refractivity contribution in [3.8, 4) is 28.6 Å². The van der Waals surface area contributed by atoms with E-state index in [0.717, 1.165) is 22.6 Å². The molecule has 0 fully saturated rings. The molecule has 1 amide bonds. The highest BCUT2D eigenvalue weighted by Gasteiger charge is 2.34. The van der Waals surface area contributed by atoms with Crippen LogP contribution in [-0.4, -0.2) is 26.8 Å². The summed E-state index contributed by atoms with van der Waals surface area (Å²) in [6.07, 6.45) is -0.768. The number of para-hydroxylation sites is 2. The zero-order chi connectivity index (χ0) is 23.5. The van der Waals surface area contributed by atoms with Gasteiger partial charge in [0.25, 0.3) is 0 Å². The number of hydrogen-bond donors (Lipinski definition) is 0. The van der Waals surface area contributed by atoms with Gasteiger partial charge >= 0.3 is 0 Å². The van der Waals surface area contributed by atoms with Gasteiger partial charge in [0.2, 0.25) is 23.2 Å². The maximum Gasteiger partial charge on any atom is 0.247 e. The van der Waals surface area contributed by atoms with E-state index in [1.54, 1.807) is 4.90 Å². The van der Waals surface area contributed by atoms with Gasteiger partial charge in [-0.1, -0.05) is 67.2 Å². The van der Waals surface area contributed by atoms with Crippen LogP contribution < -0.4 is 14.4 Å². The number of fused-ring (bicyclic) bond motifs is 3. The second kappa shape index (κ2) is 9.52. The summed E-state index contributed by atoms with van der Waals surface area (Å²) in [5.74, 6) is 2.33. The third kappa shape index (κ3) is 4.32. The highest BCUT2D eigenvalue weighted by Crippen LogP contribution is 2.43. The lowest BCUT2D eigenvalue weighted by Gasteiger charge is -2.30. The fourth-order valence-corrected chi connectivity index (χ4v) is 4.32. The molecule has 2 heterocycles.